The molecule has 38 heavy (non-hydrogen) atoms. The Kier molecular flexibility index (Phi) is 9.90. The van der Waals surface area contributed by atoms with Crippen molar-refractivity contribution in [2.45, 2.75) is 13.8 Å². The number of hydrogen-bond donors (Lipinski definition) is 3. The van der Waals surface area contributed by atoms with Gasteiger partial charge < -0.3 is 20.2 Å². The van der Waals surface area contributed by atoms with E-state index >= 15 is 0 Å². The molecule has 0 aromatic heterocycles. The molecule has 0 fully saturated rings. The maximum absolute atomic E-state index is 13.1. The molecule has 0 spiro atoms. The quantitative estimate of drug-likeness (QED) is 0.196. The van der Waals surface area contributed by atoms with E-state index < -0.39 is 11.8 Å². The second kappa shape index (κ2) is 13.3. The number of amides is 2. The molecule has 198 valence electrons. The highest BCUT2D eigenvalue weighted by atomic mass is 35.5. The van der Waals surface area contributed by atoms with Gasteiger partial charge in [0.05, 0.1) is 16.8 Å². The number of carbonyl (C=O) groups excluding carboxylic acids is 2. The van der Waals surface area contributed by atoms with E-state index in [-0.39, 0.29) is 22.0 Å². The van der Waals surface area contributed by atoms with Crippen molar-refractivity contribution in [1.82, 2.24) is 10.7 Å². The Morgan fingerprint density at radius 2 is 1.63 bits per heavy atom. The van der Waals surface area contributed by atoms with Gasteiger partial charge in [0.1, 0.15) is 11.4 Å². The van der Waals surface area contributed by atoms with Gasteiger partial charge in [0, 0.05) is 50.2 Å². The molecule has 3 aromatic rings. The van der Waals surface area contributed by atoms with Crippen molar-refractivity contribution in [3.05, 3.63) is 94.1 Å². The molecule has 0 atom stereocenters. The molecule has 3 N–H and O–H groups in total. The summed E-state index contributed by atoms with van der Waals surface area (Å²) in [4.78, 5) is 30.0. The number of aromatic hydroxyl groups is 1. The molecule has 3 aromatic carbocycles. The van der Waals surface area contributed by atoms with Crippen LogP contribution < -0.4 is 20.5 Å². The minimum absolute atomic E-state index is 0.0224. The van der Waals surface area contributed by atoms with Crippen LogP contribution in [0.25, 0.3) is 6.08 Å². The summed E-state index contributed by atoms with van der Waals surface area (Å²) >= 11 is 6.17. The van der Waals surface area contributed by atoms with Gasteiger partial charge in [-0.3, -0.25) is 9.59 Å². The molecule has 0 aliphatic heterocycles. The lowest BCUT2D eigenvalue weighted by Gasteiger charge is -2.21. The van der Waals surface area contributed by atoms with E-state index in [1.54, 1.807) is 42.5 Å². The summed E-state index contributed by atoms with van der Waals surface area (Å²) < 4.78 is 0. The molecular formula is C29H32ClN5O3. The highest BCUT2D eigenvalue weighted by molar-refractivity contribution is 6.34. The smallest absolute Gasteiger partial charge is 0.287 e. The van der Waals surface area contributed by atoms with Crippen molar-refractivity contribution >= 4 is 47.1 Å². The number of benzene rings is 3. The zero-order valence-electron chi connectivity index (χ0n) is 21.9. The Morgan fingerprint density at radius 3 is 2.24 bits per heavy atom. The first-order chi connectivity index (χ1) is 18.2. The van der Waals surface area contributed by atoms with Crippen LogP contribution in [-0.2, 0) is 4.79 Å². The Hall–Kier alpha value is -4.30. The van der Waals surface area contributed by atoms with Gasteiger partial charge in [-0.2, -0.15) is 5.10 Å². The highest BCUT2D eigenvalue weighted by Crippen LogP contribution is 2.23. The molecule has 0 bridgehead atoms. The molecule has 0 aliphatic carbocycles. The van der Waals surface area contributed by atoms with Crippen LogP contribution in [0.15, 0.2) is 77.5 Å². The molecule has 8 nitrogen and oxygen atoms in total. The fourth-order valence-electron chi connectivity index (χ4n) is 3.68. The molecule has 0 saturated heterocycles. The second-order valence-corrected chi connectivity index (χ2v) is 9.00. The number of phenolic OH excluding ortho intramolecular Hbond substituents is 1. The highest BCUT2D eigenvalue weighted by Gasteiger charge is 2.16. The number of rotatable bonds is 10. The van der Waals surface area contributed by atoms with Crippen LogP contribution in [0.1, 0.15) is 35.3 Å². The molecular weight excluding hydrogens is 502 g/mol. The minimum Gasteiger partial charge on any atom is -0.507 e. The summed E-state index contributed by atoms with van der Waals surface area (Å²) in [6, 6.07) is 19.3. The summed E-state index contributed by atoms with van der Waals surface area (Å²) in [6.45, 7) is 5.70. The van der Waals surface area contributed by atoms with Gasteiger partial charge in [-0.05, 0) is 61.9 Å². The fourth-order valence-corrected chi connectivity index (χ4v) is 3.90. The van der Waals surface area contributed by atoms with Gasteiger partial charge in [-0.25, -0.2) is 5.43 Å². The molecule has 2 amide bonds. The number of phenols is 1. The lowest BCUT2D eigenvalue weighted by Crippen LogP contribution is -2.33. The van der Waals surface area contributed by atoms with E-state index in [0.29, 0.717) is 11.1 Å². The Balaban J connectivity index is 1.82. The van der Waals surface area contributed by atoms with Gasteiger partial charge in [0.2, 0.25) is 0 Å². The fraction of sp³-hybridized carbons (Fsp3) is 0.207. The topological polar surface area (TPSA) is 97.3 Å². The van der Waals surface area contributed by atoms with Crippen LogP contribution in [0.4, 0.5) is 11.4 Å². The van der Waals surface area contributed by atoms with Gasteiger partial charge >= 0.3 is 0 Å². The third kappa shape index (κ3) is 7.36. The minimum atomic E-state index is -0.641. The summed E-state index contributed by atoms with van der Waals surface area (Å²) in [5.74, 6) is -1.13. The van der Waals surface area contributed by atoms with E-state index in [9.17, 15) is 14.7 Å². The normalized spacial score (nSPS) is 11.3. The number of nitrogens with one attached hydrogen (secondary N) is 2. The van der Waals surface area contributed by atoms with Crippen LogP contribution in [0.3, 0.4) is 0 Å². The van der Waals surface area contributed by atoms with E-state index in [1.165, 1.54) is 6.21 Å². The lowest BCUT2D eigenvalue weighted by atomic mass is 10.1. The van der Waals surface area contributed by atoms with E-state index in [2.05, 4.69) is 20.7 Å². The maximum atomic E-state index is 13.1. The van der Waals surface area contributed by atoms with Crippen LogP contribution >= 0.6 is 11.6 Å². The number of hydrazone groups is 1. The second-order valence-electron chi connectivity index (χ2n) is 8.59. The van der Waals surface area contributed by atoms with Crippen molar-refractivity contribution in [3.63, 3.8) is 0 Å². The van der Waals surface area contributed by atoms with E-state index in [4.69, 9.17) is 11.6 Å². The van der Waals surface area contributed by atoms with Crippen molar-refractivity contribution in [1.29, 1.82) is 0 Å². The summed E-state index contributed by atoms with van der Waals surface area (Å²) in [5, 5.41) is 17.3. The zero-order valence-corrected chi connectivity index (χ0v) is 22.7. The molecule has 0 heterocycles. The van der Waals surface area contributed by atoms with Crippen molar-refractivity contribution in [3.8, 4) is 5.75 Å². The largest absolute Gasteiger partial charge is 0.507 e. The van der Waals surface area contributed by atoms with Gasteiger partial charge in [-0.15, -0.1) is 0 Å². The maximum Gasteiger partial charge on any atom is 0.287 e. The molecule has 0 radical (unpaired) electrons. The lowest BCUT2D eigenvalue weighted by molar-refractivity contribution is -0.117. The Bertz CT molecular complexity index is 1330. The van der Waals surface area contributed by atoms with Crippen molar-refractivity contribution in [2.24, 2.45) is 5.10 Å². The van der Waals surface area contributed by atoms with Crippen LogP contribution in [0, 0.1) is 0 Å². The Labute approximate surface area is 228 Å². The summed E-state index contributed by atoms with van der Waals surface area (Å²) in [6.07, 6.45) is 2.90. The third-order valence-corrected chi connectivity index (χ3v) is 6.17. The standard InChI is InChI=1S/C29H32ClN5O3/c1-5-35(6-2)23-16-13-21(27(36)18-23)19-31-33-29(38)26(17-20-11-14-22(15-12-20)34(3)4)32-28(37)24-9-7-8-10-25(24)30/h7-19,36H,5-6H2,1-4H3,(H,32,37)(H,33,38)/b26-17+,31-19?. The van der Waals surface area contributed by atoms with Crippen LogP contribution in [-0.4, -0.2) is 50.3 Å². The summed E-state index contributed by atoms with van der Waals surface area (Å²) in [5.41, 5.74) is 5.66. The van der Waals surface area contributed by atoms with Gasteiger partial charge in [-0.1, -0.05) is 35.9 Å². The zero-order chi connectivity index (χ0) is 27.7. The van der Waals surface area contributed by atoms with Crippen LogP contribution in [0.2, 0.25) is 5.02 Å². The predicted octanol–water partition coefficient (Wildman–Crippen LogP) is 4.88. The summed E-state index contributed by atoms with van der Waals surface area (Å²) in [7, 11) is 3.86. The van der Waals surface area contributed by atoms with Crippen molar-refractivity contribution in [2.75, 3.05) is 37.0 Å². The van der Waals surface area contributed by atoms with Crippen LogP contribution in [0.5, 0.6) is 5.75 Å². The number of carbonyl (C=O) groups is 2. The van der Waals surface area contributed by atoms with E-state index in [0.717, 1.165) is 24.5 Å². The number of hydrogen-bond acceptors (Lipinski definition) is 6. The third-order valence-electron chi connectivity index (χ3n) is 5.84. The molecule has 0 saturated carbocycles. The van der Waals surface area contributed by atoms with Gasteiger partial charge in [0.15, 0.2) is 0 Å². The first-order valence-electron chi connectivity index (χ1n) is 12.2. The Morgan fingerprint density at radius 1 is 0.974 bits per heavy atom. The molecule has 3 rings (SSSR count). The van der Waals surface area contributed by atoms with E-state index in [1.807, 2.05) is 63.2 Å². The first kappa shape index (κ1) is 28.3. The number of anilines is 2. The molecule has 0 aliphatic rings. The average Bonchev–Trinajstić information content (AvgIpc) is 2.90. The SMILES string of the molecule is CCN(CC)c1ccc(C=NNC(=O)/C(=C\c2ccc(N(C)C)cc2)NC(=O)c2ccccc2Cl)c(O)c1. The molecule has 9 heteroatoms. The molecule has 0 unspecified atom stereocenters. The average molecular weight is 534 g/mol. The van der Waals surface area contributed by atoms with Gasteiger partial charge in [0.25, 0.3) is 11.8 Å². The first-order valence-corrected chi connectivity index (χ1v) is 12.6. The monoisotopic (exact) mass is 533 g/mol. The van der Waals surface area contributed by atoms with Crippen molar-refractivity contribution < 1.29 is 14.7 Å². The predicted molar refractivity (Wildman–Crippen MR) is 155 cm³/mol. The number of halogens is 1. The number of nitrogens with zero attached hydrogens (tertiary/aromatic N) is 3.